The molecule has 2 aliphatic rings. The van der Waals surface area contributed by atoms with Gasteiger partial charge in [0, 0.05) is 6.54 Å². The molecule has 0 bridgehead atoms. The van der Waals surface area contributed by atoms with Crippen LogP contribution < -0.4 is 0 Å². The predicted octanol–water partition coefficient (Wildman–Crippen LogP) is 1.23. The Bertz CT molecular complexity index is 271. The fourth-order valence-electron chi connectivity index (χ4n) is 2.34. The molecule has 0 radical (unpaired) electrons. The molecule has 1 heterocycles. The number of carbonyl (C=O) groups excluding carboxylic acids is 1. The molecule has 15 heavy (non-hydrogen) atoms. The Morgan fingerprint density at radius 3 is 2.73 bits per heavy atom. The Labute approximate surface area is 90.2 Å². The van der Waals surface area contributed by atoms with Crippen molar-refractivity contribution >= 4 is 6.09 Å². The Hall–Kier alpha value is -0.770. The highest BCUT2D eigenvalue weighted by Gasteiger charge is 2.54. The zero-order valence-corrected chi connectivity index (χ0v) is 9.56. The largest absolute Gasteiger partial charge is 0.444 e. The lowest BCUT2D eigenvalue weighted by Crippen LogP contribution is -2.43. The van der Waals surface area contributed by atoms with E-state index in [1.54, 1.807) is 4.90 Å². The van der Waals surface area contributed by atoms with Crippen LogP contribution in [0.3, 0.4) is 0 Å². The Kier molecular flexibility index (Phi) is 2.41. The molecular formula is C11H19NO3. The minimum absolute atomic E-state index is 0.00940. The van der Waals surface area contributed by atoms with Gasteiger partial charge in [0.15, 0.2) is 0 Å². The summed E-state index contributed by atoms with van der Waals surface area (Å²) in [5.74, 6) is 1.12. The molecule has 0 unspecified atom stereocenters. The molecule has 4 heteroatoms. The number of aliphatic hydroxyl groups excluding tert-OH is 1. The molecule has 0 aromatic heterocycles. The van der Waals surface area contributed by atoms with Crippen LogP contribution in [-0.2, 0) is 4.74 Å². The van der Waals surface area contributed by atoms with E-state index in [0.717, 1.165) is 13.0 Å². The molecule has 1 N–H and O–H groups in total. The van der Waals surface area contributed by atoms with Gasteiger partial charge in [-0.25, -0.2) is 4.79 Å². The van der Waals surface area contributed by atoms with Crippen molar-refractivity contribution in [3.8, 4) is 0 Å². The molecule has 0 spiro atoms. The monoisotopic (exact) mass is 213 g/mol. The lowest BCUT2D eigenvalue weighted by molar-refractivity contribution is 0.0133. The quantitative estimate of drug-likeness (QED) is 0.712. The van der Waals surface area contributed by atoms with Gasteiger partial charge in [-0.15, -0.1) is 0 Å². The molecule has 1 saturated heterocycles. The first-order valence-electron chi connectivity index (χ1n) is 5.53. The average molecular weight is 213 g/mol. The summed E-state index contributed by atoms with van der Waals surface area (Å²) >= 11 is 0. The summed E-state index contributed by atoms with van der Waals surface area (Å²) in [6.07, 6.45) is 0.874. The molecule has 86 valence electrons. The van der Waals surface area contributed by atoms with Crippen LogP contribution in [0.15, 0.2) is 0 Å². The SMILES string of the molecule is CC(C)(C)OC(=O)N1C[C@@H]2C[C@@H]2[C@@H]1CO. The second kappa shape index (κ2) is 3.37. The van der Waals surface area contributed by atoms with E-state index < -0.39 is 5.60 Å². The highest BCUT2D eigenvalue weighted by Crippen LogP contribution is 2.49. The van der Waals surface area contributed by atoms with Gasteiger partial charge in [-0.3, -0.25) is 0 Å². The van der Waals surface area contributed by atoms with E-state index in [1.807, 2.05) is 20.8 Å². The second-order valence-electron chi connectivity index (χ2n) is 5.54. The van der Waals surface area contributed by atoms with Crippen LogP contribution in [0.1, 0.15) is 27.2 Å². The molecule has 1 aliphatic heterocycles. The lowest BCUT2D eigenvalue weighted by Gasteiger charge is -2.29. The number of ether oxygens (including phenoxy) is 1. The molecule has 0 aromatic rings. The minimum Gasteiger partial charge on any atom is -0.444 e. The molecule has 1 amide bonds. The summed E-state index contributed by atoms with van der Waals surface area (Å²) in [7, 11) is 0. The van der Waals surface area contributed by atoms with Gasteiger partial charge < -0.3 is 14.7 Å². The van der Waals surface area contributed by atoms with Gasteiger partial charge in [-0.2, -0.15) is 0 Å². The number of piperidine rings is 1. The van der Waals surface area contributed by atoms with E-state index in [2.05, 4.69) is 0 Å². The summed E-state index contributed by atoms with van der Waals surface area (Å²) in [5, 5.41) is 9.23. The van der Waals surface area contributed by atoms with Crippen LogP contribution in [0.25, 0.3) is 0 Å². The van der Waals surface area contributed by atoms with Gasteiger partial charge >= 0.3 is 6.09 Å². The number of amides is 1. The van der Waals surface area contributed by atoms with Crippen molar-refractivity contribution < 1.29 is 14.6 Å². The summed E-state index contributed by atoms with van der Waals surface area (Å²) in [6.45, 7) is 6.38. The number of rotatable bonds is 1. The Morgan fingerprint density at radius 2 is 2.20 bits per heavy atom. The summed E-state index contributed by atoms with van der Waals surface area (Å²) in [6, 6.07) is -0.00940. The van der Waals surface area contributed by atoms with Crippen molar-refractivity contribution in [3.05, 3.63) is 0 Å². The summed E-state index contributed by atoms with van der Waals surface area (Å²) < 4.78 is 5.30. The normalized spacial score (nSPS) is 33.9. The maximum atomic E-state index is 11.8. The van der Waals surface area contributed by atoms with E-state index in [0.29, 0.717) is 11.8 Å². The molecule has 1 saturated carbocycles. The number of fused-ring (bicyclic) bond motifs is 1. The van der Waals surface area contributed by atoms with E-state index in [4.69, 9.17) is 4.74 Å². The lowest BCUT2D eigenvalue weighted by atomic mass is 10.2. The summed E-state index contributed by atoms with van der Waals surface area (Å²) in [5.41, 5.74) is -0.454. The number of hydrogen-bond acceptors (Lipinski definition) is 3. The van der Waals surface area contributed by atoms with Crippen LogP contribution in [0.2, 0.25) is 0 Å². The van der Waals surface area contributed by atoms with E-state index >= 15 is 0 Å². The van der Waals surface area contributed by atoms with E-state index in [9.17, 15) is 9.90 Å². The Balaban J connectivity index is 1.96. The van der Waals surface area contributed by atoms with Gasteiger partial charge in [0.1, 0.15) is 5.60 Å². The van der Waals surface area contributed by atoms with Crippen LogP contribution in [0, 0.1) is 11.8 Å². The Morgan fingerprint density at radius 1 is 1.53 bits per heavy atom. The standard InChI is InChI=1S/C11H19NO3/c1-11(2,3)15-10(14)12-5-7-4-8(7)9(12)6-13/h7-9,13H,4-6H2,1-3H3/t7-,8-,9-/m0/s1. The molecule has 2 rings (SSSR count). The van der Waals surface area contributed by atoms with Gasteiger partial charge in [0.05, 0.1) is 12.6 Å². The number of carbonyl (C=O) groups is 1. The molecule has 4 nitrogen and oxygen atoms in total. The van der Waals surface area contributed by atoms with Crippen molar-refractivity contribution in [2.75, 3.05) is 13.2 Å². The van der Waals surface area contributed by atoms with Crippen molar-refractivity contribution in [2.24, 2.45) is 11.8 Å². The topological polar surface area (TPSA) is 49.8 Å². The zero-order chi connectivity index (χ0) is 11.2. The van der Waals surface area contributed by atoms with Gasteiger partial charge in [-0.1, -0.05) is 0 Å². The number of nitrogens with zero attached hydrogens (tertiary/aromatic N) is 1. The third-order valence-corrected chi connectivity index (χ3v) is 3.12. The van der Waals surface area contributed by atoms with Gasteiger partial charge in [-0.05, 0) is 39.0 Å². The van der Waals surface area contributed by atoms with Crippen LogP contribution in [-0.4, -0.2) is 40.9 Å². The molecule has 1 aliphatic carbocycles. The third-order valence-electron chi connectivity index (χ3n) is 3.12. The van der Waals surface area contributed by atoms with Crippen molar-refractivity contribution in [1.82, 2.24) is 4.90 Å². The number of aliphatic hydroxyl groups is 1. The third kappa shape index (κ3) is 2.09. The first kappa shape index (κ1) is 10.7. The molecule has 3 atom stereocenters. The maximum absolute atomic E-state index is 11.8. The first-order chi connectivity index (χ1) is 6.92. The number of hydrogen-bond donors (Lipinski definition) is 1. The second-order valence-corrected chi connectivity index (χ2v) is 5.54. The smallest absolute Gasteiger partial charge is 0.410 e. The van der Waals surface area contributed by atoms with E-state index in [-0.39, 0.29) is 18.7 Å². The van der Waals surface area contributed by atoms with Crippen molar-refractivity contribution in [1.29, 1.82) is 0 Å². The van der Waals surface area contributed by atoms with Gasteiger partial charge in [0.2, 0.25) is 0 Å². The fourth-order valence-corrected chi connectivity index (χ4v) is 2.34. The van der Waals surface area contributed by atoms with Crippen molar-refractivity contribution in [2.45, 2.75) is 38.8 Å². The predicted molar refractivity (Wildman–Crippen MR) is 55.4 cm³/mol. The molecule has 0 aromatic carbocycles. The number of likely N-dealkylation sites (tertiary alicyclic amines) is 1. The van der Waals surface area contributed by atoms with Crippen LogP contribution in [0.5, 0.6) is 0 Å². The fraction of sp³-hybridized carbons (Fsp3) is 0.909. The molecule has 2 fully saturated rings. The van der Waals surface area contributed by atoms with Crippen molar-refractivity contribution in [3.63, 3.8) is 0 Å². The van der Waals surface area contributed by atoms with Crippen LogP contribution >= 0.6 is 0 Å². The van der Waals surface area contributed by atoms with E-state index in [1.165, 1.54) is 0 Å². The zero-order valence-electron chi connectivity index (χ0n) is 9.56. The summed E-state index contributed by atoms with van der Waals surface area (Å²) in [4.78, 5) is 13.5. The minimum atomic E-state index is -0.454. The average Bonchev–Trinajstić information content (AvgIpc) is 2.75. The molecular weight excluding hydrogens is 194 g/mol. The highest BCUT2D eigenvalue weighted by molar-refractivity contribution is 5.69. The highest BCUT2D eigenvalue weighted by atomic mass is 16.6. The van der Waals surface area contributed by atoms with Crippen LogP contribution in [0.4, 0.5) is 4.79 Å². The first-order valence-corrected chi connectivity index (χ1v) is 5.53. The maximum Gasteiger partial charge on any atom is 0.410 e. The van der Waals surface area contributed by atoms with Gasteiger partial charge in [0.25, 0.3) is 0 Å².